The molecule has 0 spiro atoms. The van der Waals surface area contributed by atoms with Gasteiger partial charge in [0.25, 0.3) is 0 Å². The number of rotatable bonds is 5. The molecule has 0 amide bonds. The van der Waals surface area contributed by atoms with Gasteiger partial charge in [0, 0.05) is 24.4 Å². The Morgan fingerprint density at radius 1 is 1.42 bits per heavy atom. The molecule has 1 aliphatic rings. The first-order valence-electron chi connectivity index (χ1n) is 7.20. The highest BCUT2D eigenvalue weighted by atomic mass is 16.1. The lowest BCUT2D eigenvalue weighted by molar-refractivity contribution is -0.108. The van der Waals surface area contributed by atoms with Crippen molar-refractivity contribution in [2.45, 2.75) is 44.1 Å². The van der Waals surface area contributed by atoms with E-state index in [1.807, 2.05) is 18.5 Å². The first-order valence-corrected chi connectivity index (χ1v) is 7.20. The van der Waals surface area contributed by atoms with Gasteiger partial charge in [0.2, 0.25) is 0 Å². The molecule has 19 heavy (non-hydrogen) atoms. The van der Waals surface area contributed by atoms with Crippen molar-refractivity contribution in [1.82, 2.24) is 9.88 Å². The summed E-state index contributed by atoms with van der Waals surface area (Å²) in [4.78, 5) is 17.1. The maximum Gasteiger partial charge on any atom is 0.120 e. The first-order chi connectivity index (χ1) is 9.19. The van der Waals surface area contributed by atoms with Crippen LogP contribution in [-0.4, -0.2) is 30.3 Å². The molecule has 3 nitrogen and oxygen atoms in total. The molecule has 1 aromatic heterocycles. The summed E-state index contributed by atoms with van der Waals surface area (Å²) in [7, 11) is 4.33. The summed E-state index contributed by atoms with van der Waals surface area (Å²) in [6.07, 6.45) is 11.4. The zero-order chi connectivity index (χ0) is 13.7. The molecule has 0 atom stereocenters. The third-order valence-corrected chi connectivity index (χ3v) is 4.68. The largest absolute Gasteiger partial charge is 0.303 e. The van der Waals surface area contributed by atoms with E-state index in [0.717, 1.165) is 31.5 Å². The fourth-order valence-electron chi connectivity index (χ4n) is 3.38. The van der Waals surface area contributed by atoms with E-state index in [1.165, 1.54) is 18.4 Å². The summed E-state index contributed by atoms with van der Waals surface area (Å²) >= 11 is 0. The number of aromatic nitrogens is 1. The topological polar surface area (TPSA) is 33.2 Å². The number of hydrogen-bond acceptors (Lipinski definition) is 3. The zero-order valence-electron chi connectivity index (χ0n) is 12.0. The van der Waals surface area contributed by atoms with Crippen molar-refractivity contribution in [3.63, 3.8) is 0 Å². The van der Waals surface area contributed by atoms with Crippen molar-refractivity contribution >= 4 is 6.29 Å². The lowest BCUT2D eigenvalue weighted by Gasteiger charge is -2.45. The summed E-state index contributed by atoms with van der Waals surface area (Å²) < 4.78 is 0. The van der Waals surface area contributed by atoms with Crippen molar-refractivity contribution < 1.29 is 4.79 Å². The Morgan fingerprint density at radius 3 is 2.68 bits per heavy atom. The number of pyridine rings is 1. The maximum atomic E-state index is 10.5. The van der Waals surface area contributed by atoms with Crippen LogP contribution in [0, 0.1) is 5.92 Å². The molecule has 0 aromatic carbocycles. The Bertz CT molecular complexity index is 394. The normalized spacial score (nSPS) is 27.4. The summed E-state index contributed by atoms with van der Waals surface area (Å²) in [5.41, 5.74) is 1.46. The molecule has 0 aliphatic heterocycles. The Morgan fingerprint density at radius 2 is 2.16 bits per heavy atom. The van der Waals surface area contributed by atoms with E-state index in [4.69, 9.17) is 0 Å². The quantitative estimate of drug-likeness (QED) is 0.763. The van der Waals surface area contributed by atoms with Gasteiger partial charge >= 0.3 is 0 Å². The number of aldehydes is 1. The third-order valence-electron chi connectivity index (χ3n) is 4.68. The third kappa shape index (κ3) is 3.03. The minimum absolute atomic E-state index is 0.131. The van der Waals surface area contributed by atoms with Crippen LogP contribution in [0.15, 0.2) is 24.5 Å². The molecule has 1 heterocycles. The van der Waals surface area contributed by atoms with E-state index in [9.17, 15) is 4.79 Å². The molecule has 3 heteroatoms. The molecule has 1 fully saturated rings. The molecule has 0 N–H and O–H groups in total. The average molecular weight is 260 g/mol. The molecular weight excluding hydrogens is 236 g/mol. The predicted molar refractivity (Wildman–Crippen MR) is 76.9 cm³/mol. The molecule has 0 radical (unpaired) electrons. The van der Waals surface area contributed by atoms with Crippen LogP contribution in [0.5, 0.6) is 0 Å². The number of hydrogen-bond donors (Lipinski definition) is 0. The van der Waals surface area contributed by atoms with Crippen LogP contribution in [0.4, 0.5) is 0 Å². The van der Waals surface area contributed by atoms with E-state index in [2.05, 4.69) is 30.0 Å². The van der Waals surface area contributed by atoms with E-state index >= 15 is 0 Å². The van der Waals surface area contributed by atoms with Crippen LogP contribution in [0.2, 0.25) is 0 Å². The van der Waals surface area contributed by atoms with Gasteiger partial charge < -0.3 is 4.79 Å². The van der Waals surface area contributed by atoms with Crippen molar-refractivity contribution in [1.29, 1.82) is 0 Å². The molecule has 104 valence electrons. The minimum Gasteiger partial charge on any atom is -0.303 e. The Kier molecular flexibility index (Phi) is 4.70. The van der Waals surface area contributed by atoms with Gasteiger partial charge in [-0.25, -0.2) is 0 Å². The predicted octanol–water partition coefficient (Wildman–Crippen LogP) is 3.01. The maximum absolute atomic E-state index is 10.5. The standard InChI is InChI=1S/C16H24N2O/c1-18(2)16(15-6-3-11-17-13-15)9-7-14(8-10-16)5-4-12-19/h3,6,11-14H,4-5,7-10H2,1-2H3. The van der Waals surface area contributed by atoms with Crippen molar-refractivity contribution in [3.8, 4) is 0 Å². The van der Waals surface area contributed by atoms with E-state index in [-0.39, 0.29) is 5.54 Å². The molecule has 2 rings (SSSR count). The fraction of sp³-hybridized carbons (Fsp3) is 0.625. The second-order valence-electron chi connectivity index (χ2n) is 5.86. The SMILES string of the molecule is CN(C)C1(c2cccnc2)CCC(CCC=O)CC1. The van der Waals surface area contributed by atoms with Crippen LogP contribution >= 0.6 is 0 Å². The van der Waals surface area contributed by atoms with Crippen molar-refractivity contribution in [3.05, 3.63) is 30.1 Å². The van der Waals surface area contributed by atoms with Crippen LogP contribution in [-0.2, 0) is 10.3 Å². The van der Waals surface area contributed by atoms with Crippen LogP contribution in [0.3, 0.4) is 0 Å². The number of carbonyl (C=O) groups excluding carboxylic acids is 1. The summed E-state index contributed by atoms with van der Waals surface area (Å²) in [5, 5.41) is 0. The van der Waals surface area contributed by atoms with E-state index in [1.54, 1.807) is 0 Å². The van der Waals surface area contributed by atoms with Crippen LogP contribution in [0.25, 0.3) is 0 Å². The average Bonchev–Trinajstić information content (AvgIpc) is 2.46. The fourth-order valence-corrected chi connectivity index (χ4v) is 3.38. The molecule has 0 bridgehead atoms. The summed E-state index contributed by atoms with van der Waals surface area (Å²) in [5.74, 6) is 0.718. The molecular formula is C16H24N2O. The highest BCUT2D eigenvalue weighted by Gasteiger charge is 2.38. The van der Waals surface area contributed by atoms with Crippen molar-refractivity contribution in [2.24, 2.45) is 5.92 Å². The van der Waals surface area contributed by atoms with E-state index < -0.39 is 0 Å². The Labute approximate surface area is 116 Å². The van der Waals surface area contributed by atoms with Gasteiger partial charge in [-0.1, -0.05) is 6.07 Å². The minimum atomic E-state index is 0.131. The van der Waals surface area contributed by atoms with Gasteiger partial charge in [0.05, 0.1) is 0 Å². The zero-order valence-corrected chi connectivity index (χ0v) is 12.0. The number of nitrogens with zero attached hydrogens (tertiary/aromatic N) is 2. The van der Waals surface area contributed by atoms with Gasteiger partial charge in [0.1, 0.15) is 6.29 Å². The smallest absolute Gasteiger partial charge is 0.120 e. The molecule has 1 aliphatic carbocycles. The Balaban J connectivity index is 2.10. The summed E-state index contributed by atoms with van der Waals surface area (Å²) in [6, 6.07) is 4.22. The lowest BCUT2D eigenvalue weighted by Crippen LogP contribution is -2.44. The molecule has 1 saturated carbocycles. The van der Waals surface area contributed by atoms with Crippen LogP contribution < -0.4 is 0 Å². The van der Waals surface area contributed by atoms with Gasteiger partial charge in [-0.15, -0.1) is 0 Å². The second kappa shape index (κ2) is 6.29. The molecule has 0 saturated heterocycles. The monoisotopic (exact) mass is 260 g/mol. The first kappa shape index (κ1) is 14.2. The van der Waals surface area contributed by atoms with Gasteiger partial charge in [-0.05, 0) is 63.7 Å². The van der Waals surface area contributed by atoms with E-state index in [0.29, 0.717) is 6.42 Å². The van der Waals surface area contributed by atoms with Gasteiger partial charge in [-0.3, -0.25) is 9.88 Å². The number of carbonyl (C=O) groups is 1. The van der Waals surface area contributed by atoms with Crippen molar-refractivity contribution in [2.75, 3.05) is 14.1 Å². The molecule has 1 aromatic rings. The van der Waals surface area contributed by atoms with Crippen LogP contribution in [0.1, 0.15) is 44.1 Å². The highest BCUT2D eigenvalue weighted by molar-refractivity contribution is 5.49. The van der Waals surface area contributed by atoms with Gasteiger partial charge in [0.15, 0.2) is 0 Å². The molecule has 0 unspecified atom stereocenters. The van der Waals surface area contributed by atoms with Gasteiger partial charge in [-0.2, -0.15) is 0 Å². The Hall–Kier alpha value is -1.22. The second-order valence-corrected chi connectivity index (χ2v) is 5.86. The summed E-state index contributed by atoms with van der Waals surface area (Å²) in [6.45, 7) is 0. The highest BCUT2D eigenvalue weighted by Crippen LogP contribution is 2.43. The lowest BCUT2D eigenvalue weighted by atomic mass is 9.71.